The van der Waals surface area contributed by atoms with E-state index in [1.165, 1.54) is 6.33 Å². The van der Waals surface area contributed by atoms with Crippen molar-refractivity contribution in [3.05, 3.63) is 93.2 Å². The van der Waals surface area contributed by atoms with E-state index < -0.39 is 21.9 Å². The Hall–Kier alpha value is -3.13. The minimum atomic E-state index is -2.39. The molecule has 0 amide bonds. The van der Waals surface area contributed by atoms with Crippen molar-refractivity contribution in [1.29, 1.82) is 0 Å². The van der Waals surface area contributed by atoms with Crippen LogP contribution in [0.15, 0.2) is 59.7 Å². The van der Waals surface area contributed by atoms with E-state index in [-0.39, 0.29) is 30.7 Å². The van der Waals surface area contributed by atoms with Crippen molar-refractivity contribution in [2.45, 2.75) is 31.3 Å². The summed E-state index contributed by atoms with van der Waals surface area (Å²) in [6.07, 6.45) is 2.26. The summed E-state index contributed by atoms with van der Waals surface area (Å²) in [5.74, 6) is 6.46. The van der Waals surface area contributed by atoms with Crippen molar-refractivity contribution in [1.82, 2.24) is 15.3 Å². The average molecular weight is 496 g/mol. The summed E-state index contributed by atoms with van der Waals surface area (Å²) in [6, 6.07) is 15.6. The van der Waals surface area contributed by atoms with Crippen LogP contribution in [0.5, 0.6) is 5.75 Å². The number of aliphatic hydroxyl groups excluding tert-OH is 1. The number of H-pyrrole nitrogens is 1. The second-order valence-corrected chi connectivity index (χ2v) is 11.1. The molecule has 1 aromatic heterocycles. The topological polar surface area (TPSA) is 139 Å². The van der Waals surface area contributed by atoms with Gasteiger partial charge < -0.3 is 20.5 Å². The normalized spacial score (nSPS) is 18.4. The molecule has 2 heterocycles. The van der Waals surface area contributed by atoms with Crippen LogP contribution < -0.4 is 10.9 Å². The molecule has 0 spiro atoms. The van der Waals surface area contributed by atoms with Crippen LogP contribution in [0.4, 0.5) is 0 Å². The molecule has 1 aliphatic rings. The van der Waals surface area contributed by atoms with Gasteiger partial charge in [0.15, 0.2) is 0 Å². The largest absolute Gasteiger partial charge is 0.502 e. The Morgan fingerprint density at radius 1 is 1.09 bits per heavy atom. The lowest BCUT2D eigenvalue weighted by atomic mass is 9.94. The zero-order valence-corrected chi connectivity index (χ0v) is 20.0. The number of nitrogens with zero attached hydrogens (tertiary/aromatic N) is 1. The highest BCUT2D eigenvalue weighted by atomic mass is 32.3. The van der Waals surface area contributed by atoms with Gasteiger partial charge in [-0.05, 0) is 41.8 Å². The van der Waals surface area contributed by atoms with Crippen LogP contribution in [0.25, 0.3) is 0 Å². The minimum absolute atomic E-state index is 0.144. The lowest BCUT2D eigenvalue weighted by Gasteiger charge is -2.26. The molecule has 2 unspecified atom stereocenters. The molecular weight excluding hydrogens is 466 g/mol. The fourth-order valence-corrected chi connectivity index (χ4v) is 5.79. The van der Waals surface area contributed by atoms with Crippen molar-refractivity contribution < 1.29 is 19.3 Å². The number of nitrogens with one attached hydrogen (secondary N) is 2. The van der Waals surface area contributed by atoms with Crippen LogP contribution in [-0.4, -0.2) is 53.4 Å². The molecule has 0 bridgehead atoms. The summed E-state index contributed by atoms with van der Waals surface area (Å²) < 4.78 is 19.5. The van der Waals surface area contributed by atoms with Gasteiger partial charge in [-0.1, -0.05) is 36.1 Å². The molecule has 0 aliphatic carbocycles. The Kier molecular flexibility index (Phi) is 7.90. The third-order valence-corrected chi connectivity index (χ3v) is 7.93. The van der Waals surface area contributed by atoms with Crippen LogP contribution >= 0.6 is 10.6 Å². The molecule has 3 aromatic rings. The summed E-state index contributed by atoms with van der Waals surface area (Å²) in [5, 5.41) is 23.1. The maximum absolute atomic E-state index is 11.6. The number of rotatable bonds is 7. The van der Waals surface area contributed by atoms with Gasteiger partial charge in [0.1, 0.15) is 0 Å². The van der Waals surface area contributed by atoms with Crippen molar-refractivity contribution in [3.63, 3.8) is 0 Å². The van der Waals surface area contributed by atoms with E-state index in [1.807, 2.05) is 48.5 Å². The summed E-state index contributed by atoms with van der Waals surface area (Å²) in [5.41, 5.74) is 3.33. The van der Waals surface area contributed by atoms with Gasteiger partial charge >= 0.3 is 0 Å². The maximum atomic E-state index is 11.6. The zero-order valence-electron chi connectivity index (χ0n) is 19.1. The smallest absolute Gasteiger partial charge is 0.293 e. The predicted molar refractivity (Wildman–Crippen MR) is 137 cm³/mol. The molecule has 35 heavy (non-hydrogen) atoms. The average Bonchev–Trinajstić information content (AvgIpc) is 3.22. The van der Waals surface area contributed by atoms with Crippen LogP contribution in [-0.2, 0) is 13.0 Å². The van der Waals surface area contributed by atoms with Crippen molar-refractivity contribution >= 4 is 10.6 Å². The standard InChI is InChI=1S/C26H29N3O5S/c30-15-22(13-24-25(31)26(32)29-17-28-24)21-9-7-19(8-10-21)2-1-18-3-5-20(6-4-18)14-27-23-11-12-35(33,34)16-23/h3-10,17,22-23,27,30-31,33-34H,11-16H2,(H,28,29,32). The van der Waals surface area contributed by atoms with Crippen LogP contribution in [0, 0.1) is 11.8 Å². The first-order valence-electron chi connectivity index (χ1n) is 11.4. The van der Waals surface area contributed by atoms with Gasteiger partial charge in [0.2, 0.25) is 5.75 Å². The molecule has 4 rings (SSSR count). The molecule has 1 aliphatic heterocycles. The fraction of sp³-hybridized carbons (Fsp3) is 0.308. The molecule has 6 N–H and O–H groups in total. The van der Waals surface area contributed by atoms with E-state index in [0.717, 1.165) is 28.7 Å². The third-order valence-electron chi connectivity index (χ3n) is 6.11. The highest BCUT2D eigenvalue weighted by molar-refractivity contribution is 8.24. The number of aromatic amines is 1. The number of benzene rings is 2. The molecule has 9 heteroatoms. The van der Waals surface area contributed by atoms with Crippen molar-refractivity contribution in [2.24, 2.45) is 0 Å². The molecule has 0 saturated carbocycles. The van der Waals surface area contributed by atoms with Gasteiger partial charge in [-0.15, -0.1) is 0 Å². The molecule has 1 fully saturated rings. The van der Waals surface area contributed by atoms with E-state index >= 15 is 0 Å². The number of aliphatic hydroxyl groups is 1. The summed E-state index contributed by atoms with van der Waals surface area (Å²) in [7, 11) is -2.39. The highest BCUT2D eigenvalue weighted by Crippen LogP contribution is 2.45. The molecule has 8 nitrogen and oxygen atoms in total. The van der Waals surface area contributed by atoms with E-state index in [9.17, 15) is 24.1 Å². The van der Waals surface area contributed by atoms with Gasteiger partial charge in [0.25, 0.3) is 5.56 Å². The monoisotopic (exact) mass is 495 g/mol. The first-order chi connectivity index (χ1) is 16.8. The summed E-state index contributed by atoms with van der Waals surface area (Å²) in [4.78, 5) is 17.9. The minimum Gasteiger partial charge on any atom is -0.502 e. The van der Waals surface area contributed by atoms with Gasteiger partial charge in [0, 0.05) is 41.8 Å². The third kappa shape index (κ3) is 6.72. The van der Waals surface area contributed by atoms with E-state index in [1.54, 1.807) is 0 Å². The number of hydrogen-bond donors (Lipinski definition) is 6. The molecule has 184 valence electrons. The quantitative estimate of drug-likeness (QED) is 0.277. The molecule has 0 radical (unpaired) electrons. The van der Waals surface area contributed by atoms with Crippen LogP contribution in [0.3, 0.4) is 0 Å². The lowest BCUT2D eigenvalue weighted by Crippen LogP contribution is -2.28. The van der Waals surface area contributed by atoms with Gasteiger partial charge in [-0.3, -0.25) is 13.9 Å². The Morgan fingerprint density at radius 2 is 1.74 bits per heavy atom. The number of aromatic nitrogens is 2. The highest BCUT2D eigenvalue weighted by Gasteiger charge is 2.27. The molecule has 2 atom stereocenters. The predicted octanol–water partition coefficient (Wildman–Crippen LogP) is 2.81. The van der Waals surface area contributed by atoms with Crippen LogP contribution in [0.2, 0.25) is 0 Å². The Morgan fingerprint density at radius 3 is 2.34 bits per heavy atom. The summed E-state index contributed by atoms with van der Waals surface area (Å²) in [6.45, 7) is 0.523. The van der Waals surface area contributed by atoms with Crippen LogP contribution in [0.1, 0.15) is 40.3 Å². The second kappa shape index (κ2) is 11.1. The van der Waals surface area contributed by atoms with Gasteiger partial charge in [-0.25, -0.2) is 4.98 Å². The van der Waals surface area contributed by atoms with E-state index in [2.05, 4.69) is 27.1 Å². The van der Waals surface area contributed by atoms with Crippen molar-refractivity contribution in [3.8, 4) is 17.6 Å². The van der Waals surface area contributed by atoms with E-state index in [0.29, 0.717) is 18.1 Å². The molecule has 2 aromatic carbocycles. The maximum Gasteiger partial charge on any atom is 0.293 e. The summed E-state index contributed by atoms with van der Waals surface area (Å²) >= 11 is 0. The van der Waals surface area contributed by atoms with Gasteiger partial charge in [0.05, 0.1) is 24.4 Å². The Labute approximate surface area is 205 Å². The molecule has 1 saturated heterocycles. The number of aromatic hydroxyl groups is 1. The van der Waals surface area contributed by atoms with Crippen molar-refractivity contribution in [2.75, 3.05) is 18.1 Å². The van der Waals surface area contributed by atoms with E-state index in [4.69, 9.17) is 0 Å². The Bertz CT molecular complexity index is 1260. The lowest BCUT2D eigenvalue weighted by molar-refractivity contribution is 0.263. The first-order valence-corrected chi connectivity index (χ1v) is 13.3. The number of hydrogen-bond acceptors (Lipinski definition) is 7. The fourth-order valence-electron chi connectivity index (χ4n) is 4.03. The SMILES string of the molecule is O=c1[nH]cnc(CC(CO)c2ccc(C#Cc3ccc(CNC4CCS(O)(O)C4)cc3)cc2)c1O. The van der Waals surface area contributed by atoms with Gasteiger partial charge in [-0.2, -0.15) is 10.6 Å². The zero-order chi connectivity index (χ0) is 24.8. The Balaban J connectivity index is 1.34. The second-order valence-electron chi connectivity index (χ2n) is 8.72. The first kappa shape index (κ1) is 25.0. The molecular formula is C26H29N3O5S.